The number of hydrogen-bond acceptors (Lipinski definition) is 3. The SMILES string of the molecule is Cc1c([Si](c2ccccc2)(c2ccccc2)c2ccccc2)c(-c2cccn2-c2ccccc2)n(-c2ccccc2)c1-c1ccco1.Cc1c([Si](c2ccccc2)(c2ccccc2)c2ccccc2)c(-c2ccco2)n(-c2ccccc2)c1-c1ccoc1. The fraction of sp³-hybridized carbons (Fsp3) is 0.0250. The lowest BCUT2D eigenvalue weighted by Crippen LogP contribution is -2.75. The Hall–Kier alpha value is -10.9. The smallest absolute Gasteiger partial charge is 0.182 e. The Labute approximate surface area is 515 Å². The van der Waals surface area contributed by atoms with E-state index in [4.69, 9.17) is 13.3 Å². The van der Waals surface area contributed by atoms with Gasteiger partial charge in [0.1, 0.15) is 0 Å². The number of nitrogens with zero attached hydrogens (tertiary/aromatic N) is 3. The molecule has 0 saturated heterocycles. The summed E-state index contributed by atoms with van der Waals surface area (Å²) in [7, 11) is -5.91. The van der Waals surface area contributed by atoms with Crippen molar-refractivity contribution < 1.29 is 13.3 Å². The molecule has 0 aliphatic rings. The van der Waals surface area contributed by atoms with Crippen molar-refractivity contribution in [2.75, 3.05) is 0 Å². The molecule has 6 heterocycles. The first-order valence-electron chi connectivity index (χ1n) is 29.9. The number of furan rings is 3. The van der Waals surface area contributed by atoms with Gasteiger partial charge in [0.15, 0.2) is 27.7 Å². The fourth-order valence-corrected chi connectivity index (χ4v) is 24.1. The van der Waals surface area contributed by atoms with Crippen LogP contribution < -0.4 is 41.5 Å². The van der Waals surface area contributed by atoms with Gasteiger partial charge in [-0.1, -0.05) is 237 Å². The lowest BCUT2D eigenvalue weighted by Gasteiger charge is -2.35. The molecule has 0 N–H and O–H groups in total. The van der Waals surface area contributed by atoms with Gasteiger partial charge in [-0.05, 0) is 145 Å². The molecular weight excluding hydrogens is 1110 g/mol. The van der Waals surface area contributed by atoms with Crippen molar-refractivity contribution in [3.8, 4) is 62.6 Å². The minimum absolute atomic E-state index is 0.835. The third-order valence-corrected chi connectivity index (χ3v) is 27.1. The summed E-state index contributed by atoms with van der Waals surface area (Å²) >= 11 is 0. The number of hydrogen-bond donors (Lipinski definition) is 0. The second-order valence-corrected chi connectivity index (χ2v) is 29.5. The Morgan fingerprint density at radius 1 is 0.284 bits per heavy atom. The van der Waals surface area contributed by atoms with E-state index in [1.807, 2.05) is 24.5 Å². The predicted molar refractivity (Wildman–Crippen MR) is 366 cm³/mol. The van der Waals surface area contributed by atoms with Crippen LogP contribution in [0.15, 0.2) is 360 Å². The molecule has 0 amide bonds. The van der Waals surface area contributed by atoms with Crippen LogP contribution in [0.2, 0.25) is 0 Å². The zero-order chi connectivity index (χ0) is 59.3. The molecular formula is C80H63N3O3Si2. The largest absolute Gasteiger partial charge is 0.472 e. The van der Waals surface area contributed by atoms with Gasteiger partial charge in [0.2, 0.25) is 0 Å². The van der Waals surface area contributed by atoms with E-state index in [0.717, 1.165) is 62.6 Å². The zero-order valence-corrected chi connectivity index (χ0v) is 51.0. The van der Waals surface area contributed by atoms with Crippen molar-refractivity contribution in [3.05, 3.63) is 358 Å². The van der Waals surface area contributed by atoms with Gasteiger partial charge in [-0.25, -0.2) is 0 Å². The molecule has 0 aliphatic carbocycles. The molecule has 15 aromatic rings. The van der Waals surface area contributed by atoms with Crippen molar-refractivity contribution >= 4 is 57.6 Å². The first-order valence-corrected chi connectivity index (χ1v) is 33.9. The molecule has 6 nitrogen and oxygen atoms in total. The maximum atomic E-state index is 6.29. The molecule has 0 saturated carbocycles. The molecule has 0 atom stereocenters. The third kappa shape index (κ3) is 9.52. The van der Waals surface area contributed by atoms with Crippen LogP contribution in [0.4, 0.5) is 0 Å². The fourth-order valence-electron chi connectivity index (χ4n) is 13.7. The number of rotatable bonds is 15. The van der Waals surface area contributed by atoms with Crippen LogP contribution in [0.1, 0.15) is 11.1 Å². The number of para-hydroxylation sites is 3. The predicted octanol–water partition coefficient (Wildman–Crippen LogP) is 14.6. The number of aromatic nitrogens is 3. The second kappa shape index (κ2) is 24.2. The Balaban J connectivity index is 0.000000156. The van der Waals surface area contributed by atoms with Gasteiger partial charge in [0, 0.05) is 28.8 Å². The summed E-state index contributed by atoms with van der Waals surface area (Å²) < 4.78 is 25.4. The highest BCUT2D eigenvalue weighted by molar-refractivity contribution is 7.21. The van der Waals surface area contributed by atoms with Crippen LogP contribution in [-0.4, -0.2) is 29.8 Å². The van der Waals surface area contributed by atoms with Gasteiger partial charge in [-0.3, -0.25) is 0 Å². The summed E-state index contributed by atoms with van der Waals surface area (Å²) in [5, 5.41) is 10.6. The quantitative estimate of drug-likeness (QED) is 0.0759. The monoisotopic (exact) mass is 1170 g/mol. The molecule has 0 unspecified atom stereocenters. The number of benzene rings is 9. The Morgan fingerprint density at radius 2 is 0.625 bits per heavy atom. The minimum atomic E-state index is -3.00. The summed E-state index contributed by atoms with van der Waals surface area (Å²) in [5.41, 5.74) is 12.2. The van der Waals surface area contributed by atoms with Gasteiger partial charge in [-0.15, -0.1) is 0 Å². The zero-order valence-electron chi connectivity index (χ0n) is 49.0. The van der Waals surface area contributed by atoms with Gasteiger partial charge in [0.05, 0.1) is 53.5 Å². The first-order chi connectivity index (χ1) is 43.6. The van der Waals surface area contributed by atoms with Crippen LogP contribution in [0.3, 0.4) is 0 Å². The highest BCUT2D eigenvalue weighted by atomic mass is 28.3. The van der Waals surface area contributed by atoms with E-state index < -0.39 is 16.1 Å². The van der Waals surface area contributed by atoms with Crippen LogP contribution in [-0.2, 0) is 0 Å². The van der Waals surface area contributed by atoms with Crippen LogP contribution in [0, 0.1) is 13.8 Å². The van der Waals surface area contributed by atoms with Crippen LogP contribution in [0.25, 0.3) is 62.6 Å². The minimum Gasteiger partial charge on any atom is -0.472 e. The van der Waals surface area contributed by atoms with Gasteiger partial charge >= 0.3 is 0 Å². The van der Waals surface area contributed by atoms with E-state index in [9.17, 15) is 0 Å². The van der Waals surface area contributed by atoms with E-state index in [1.165, 1.54) is 52.6 Å². The molecule has 6 aromatic heterocycles. The third-order valence-electron chi connectivity index (χ3n) is 17.2. The molecule has 0 aliphatic heterocycles. The summed E-state index contributed by atoms with van der Waals surface area (Å²) in [4.78, 5) is 0. The maximum absolute atomic E-state index is 6.29. The van der Waals surface area contributed by atoms with Crippen LogP contribution in [0.5, 0.6) is 0 Å². The van der Waals surface area contributed by atoms with Gasteiger partial charge < -0.3 is 27.0 Å². The van der Waals surface area contributed by atoms with E-state index in [1.54, 1.807) is 18.8 Å². The lowest BCUT2D eigenvalue weighted by molar-refractivity contribution is 0.567. The summed E-state index contributed by atoms with van der Waals surface area (Å²) in [5.74, 6) is 1.68. The second-order valence-electron chi connectivity index (χ2n) is 22.0. The molecule has 0 fully saturated rings. The van der Waals surface area contributed by atoms with E-state index >= 15 is 0 Å². The average Bonchev–Trinajstić information content (AvgIpc) is 1.49. The molecule has 15 rings (SSSR count). The normalized spacial score (nSPS) is 11.5. The van der Waals surface area contributed by atoms with Crippen molar-refractivity contribution in [2.24, 2.45) is 0 Å². The topological polar surface area (TPSA) is 54.2 Å². The molecule has 424 valence electrons. The molecule has 0 bridgehead atoms. The Bertz CT molecular complexity index is 4490. The summed E-state index contributed by atoms with van der Waals surface area (Å²) in [6.45, 7) is 4.56. The molecule has 88 heavy (non-hydrogen) atoms. The molecule has 8 heteroatoms. The summed E-state index contributed by atoms with van der Waals surface area (Å²) in [6, 6.07) is 113. The van der Waals surface area contributed by atoms with Crippen molar-refractivity contribution in [2.45, 2.75) is 13.8 Å². The highest BCUT2D eigenvalue weighted by Crippen LogP contribution is 2.39. The highest BCUT2D eigenvalue weighted by Gasteiger charge is 2.49. The Morgan fingerprint density at radius 3 is 0.989 bits per heavy atom. The van der Waals surface area contributed by atoms with Crippen molar-refractivity contribution in [3.63, 3.8) is 0 Å². The molecule has 9 aromatic carbocycles. The standard InChI is InChI=1S/C43H34N2OSi.C37H29NO2Si/c1-33-41(40-30-18-32-46-40)45(35-21-9-3-10-22-35)42(39-29-17-31-44(39)34-19-7-2-8-20-34)43(33)47(36-23-11-4-12-24-36,37-25-13-5-14-26-37)38-27-15-6-16-28-38;1-28-35(29-24-26-39-27-29)38(30-15-6-2-7-16-30)36(34-23-14-25-40-34)37(28)41(31-17-8-3-9-18-31,32-19-10-4-11-20-32)33-21-12-5-13-22-33/h2-32H,1H3;2-27H,1H3. The lowest BCUT2D eigenvalue weighted by atomic mass is 10.1. The summed E-state index contributed by atoms with van der Waals surface area (Å²) in [6.07, 6.45) is 9.31. The molecule has 0 spiro atoms. The average molecular weight is 1170 g/mol. The van der Waals surface area contributed by atoms with Crippen molar-refractivity contribution in [1.82, 2.24) is 13.7 Å². The van der Waals surface area contributed by atoms with Crippen LogP contribution >= 0.6 is 0 Å². The first kappa shape index (κ1) is 55.0. The molecule has 0 radical (unpaired) electrons. The van der Waals surface area contributed by atoms with E-state index in [0.29, 0.717) is 0 Å². The van der Waals surface area contributed by atoms with E-state index in [-0.39, 0.29) is 0 Å². The van der Waals surface area contributed by atoms with Crippen molar-refractivity contribution in [1.29, 1.82) is 0 Å². The van der Waals surface area contributed by atoms with E-state index in [2.05, 4.69) is 331 Å². The van der Waals surface area contributed by atoms with Gasteiger partial charge in [-0.2, -0.15) is 0 Å². The maximum Gasteiger partial charge on any atom is 0.182 e. The van der Waals surface area contributed by atoms with Gasteiger partial charge in [0.25, 0.3) is 0 Å². The Kier molecular flexibility index (Phi) is 15.1.